The van der Waals surface area contributed by atoms with Crippen LogP contribution in [0.3, 0.4) is 0 Å². The van der Waals surface area contributed by atoms with Gasteiger partial charge in [-0.1, -0.05) is 18.6 Å². The van der Waals surface area contributed by atoms with Gasteiger partial charge >= 0.3 is 0 Å². The van der Waals surface area contributed by atoms with Gasteiger partial charge in [0, 0.05) is 28.8 Å². The molecule has 176 valence electrons. The number of fused-ring (bicyclic) bond motifs is 1. The number of carbonyl (C=O) groups is 1. The second-order valence-electron chi connectivity index (χ2n) is 9.94. The minimum atomic E-state index is -0.0312. The standard InChI is InChI=1S/C29H33N3O2/c30-19-22-7-11-23(12-8-22)29(33)31-26-13-9-21(10-14-26)15-17-32-16-2-1-5-27(32)25-18-24-4-3-6-28(24)34-20-25/h3-4,6-8,11-12,18,20-21,26-27H,1-2,5,9-10,13-17H2,(H,31,33). The molecule has 1 saturated carbocycles. The zero-order valence-corrected chi connectivity index (χ0v) is 19.7. The van der Waals surface area contributed by atoms with E-state index in [4.69, 9.17) is 9.68 Å². The highest BCUT2D eigenvalue weighted by Gasteiger charge is 2.28. The van der Waals surface area contributed by atoms with Crippen LogP contribution in [0, 0.1) is 17.2 Å². The highest BCUT2D eigenvalue weighted by atomic mass is 16.3. The molecule has 5 heteroatoms. The lowest BCUT2D eigenvalue weighted by Gasteiger charge is -2.37. The topological polar surface area (TPSA) is 69.3 Å². The van der Waals surface area contributed by atoms with Gasteiger partial charge in [0.1, 0.15) is 5.76 Å². The smallest absolute Gasteiger partial charge is 0.251 e. The summed E-state index contributed by atoms with van der Waals surface area (Å²) in [7, 11) is 0. The Balaban J connectivity index is 1.11. The summed E-state index contributed by atoms with van der Waals surface area (Å²) in [5.41, 5.74) is 3.72. The number of benzene rings is 1. The highest BCUT2D eigenvalue weighted by Crippen LogP contribution is 2.36. The summed E-state index contributed by atoms with van der Waals surface area (Å²) in [4.78, 5) is 15.2. The Morgan fingerprint density at radius 3 is 2.68 bits per heavy atom. The molecule has 1 aromatic rings. The van der Waals surface area contributed by atoms with Crippen LogP contribution < -0.4 is 5.32 Å². The molecular weight excluding hydrogens is 422 g/mol. The van der Waals surface area contributed by atoms with E-state index in [0.29, 0.717) is 17.2 Å². The first-order chi connectivity index (χ1) is 16.7. The maximum absolute atomic E-state index is 12.6. The normalized spacial score (nSPS) is 23.4. The molecule has 0 radical (unpaired) electrons. The molecule has 2 heterocycles. The third-order valence-electron chi connectivity index (χ3n) is 7.73. The molecule has 5 nitrogen and oxygen atoms in total. The Hall–Kier alpha value is -3.10. The van der Waals surface area contributed by atoms with E-state index in [2.05, 4.69) is 34.5 Å². The number of hydrogen-bond donors (Lipinski definition) is 1. The molecule has 1 N–H and O–H groups in total. The summed E-state index contributed by atoms with van der Waals surface area (Å²) >= 11 is 0. The van der Waals surface area contributed by atoms with E-state index < -0.39 is 0 Å². The van der Waals surface area contributed by atoms with E-state index in [1.54, 1.807) is 24.3 Å². The molecule has 1 atom stereocenters. The molecule has 1 amide bonds. The number of amides is 1. The Morgan fingerprint density at radius 1 is 1.06 bits per heavy atom. The monoisotopic (exact) mass is 455 g/mol. The van der Waals surface area contributed by atoms with Crippen molar-refractivity contribution in [3.63, 3.8) is 0 Å². The lowest BCUT2D eigenvalue weighted by atomic mass is 9.83. The van der Waals surface area contributed by atoms with Crippen molar-refractivity contribution in [2.45, 2.75) is 63.5 Å². The van der Waals surface area contributed by atoms with Crippen molar-refractivity contribution >= 4 is 5.91 Å². The van der Waals surface area contributed by atoms with Crippen molar-refractivity contribution in [1.82, 2.24) is 10.2 Å². The Bertz CT molecular complexity index is 1100. The number of nitrogens with one attached hydrogen (secondary N) is 1. The number of rotatable bonds is 6. The van der Waals surface area contributed by atoms with Crippen LogP contribution in [-0.4, -0.2) is 29.9 Å². The van der Waals surface area contributed by atoms with Crippen molar-refractivity contribution in [2.24, 2.45) is 5.92 Å². The van der Waals surface area contributed by atoms with Crippen LogP contribution in [0.25, 0.3) is 11.3 Å². The number of hydrogen-bond acceptors (Lipinski definition) is 4. The van der Waals surface area contributed by atoms with Crippen LogP contribution in [0.1, 0.15) is 78.9 Å². The van der Waals surface area contributed by atoms with E-state index in [1.807, 2.05) is 12.3 Å². The van der Waals surface area contributed by atoms with Gasteiger partial charge in [0.2, 0.25) is 0 Å². The first-order valence-corrected chi connectivity index (χ1v) is 12.7. The molecular formula is C29H33N3O2. The fourth-order valence-corrected chi connectivity index (χ4v) is 5.71. The van der Waals surface area contributed by atoms with Crippen LogP contribution in [0.2, 0.25) is 0 Å². The van der Waals surface area contributed by atoms with E-state index in [-0.39, 0.29) is 11.9 Å². The van der Waals surface area contributed by atoms with Gasteiger partial charge in [0.25, 0.3) is 5.91 Å². The number of likely N-dealkylation sites (tertiary alicyclic amines) is 1. The first kappa shape index (κ1) is 22.7. The van der Waals surface area contributed by atoms with Crippen molar-refractivity contribution in [1.29, 1.82) is 5.26 Å². The summed E-state index contributed by atoms with van der Waals surface area (Å²) in [5.74, 6) is 1.67. The Kier molecular flexibility index (Phi) is 6.97. The quantitative estimate of drug-likeness (QED) is 0.483. The summed E-state index contributed by atoms with van der Waals surface area (Å²) in [6, 6.07) is 18.2. The Morgan fingerprint density at radius 2 is 1.88 bits per heavy atom. The summed E-state index contributed by atoms with van der Waals surface area (Å²) in [5, 5.41) is 12.1. The molecule has 4 aliphatic rings. The van der Waals surface area contributed by atoms with Crippen LogP contribution >= 0.6 is 0 Å². The lowest BCUT2D eigenvalue weighted by Crippen LogP contribution is -2.39. The van der Waals surface area contributed by atoms with Gasteiger partial charge in [-0.25, -0.2) is 0 Å². The van der Waals surface area contributed by atoms with Crippen molar-refractivity contribution in [2.75, 3.05) is 13.1 Å². The Labute approximate surface area is 202 Å². The van der Waals surface area contributed by atoms with Crippen LogP contribution in [0.5, 0.6) is 0 Å². The lowest BCUT2D eigenvalue weighted by molar-refractivity contribution is 0.0915. The molecule has 34 heavy (non-hydrogen) atoms. The minimum Gasteiger partial charge on any atom is -0.464 e. The van der Waals surface area contributed by atoms with Crippen LogP contribution in [-0.2, 0) is 0 Å². The zero-order valence-electron chi connectivity index (χ0n) is 19.7. The van der Waals surface area contributed by atoms with E-state index >= 15 is 0 Å². The van der Waals surface area contributed by atoms with Gasteiger partial charge in [-0.3, -0.25) is 9.69 Å². The number of piperidine rings is 1. The zero-order chi connectivity index (χ0) is 23.3. The molecule has 0 bridgehead atoms. The predicted octanol–water partition coefficient (Wildman–Crippen LogP) is 6.16. The summed E-state index contributed by atoms with van der Waals surface area (Å²) < 4.78 is 5.89. The van der Waals surface area contributed by atoms with Crippen molar-refractivity contribution in [3.8, 4) is 17.4 Å². The maximum Gasteiger partial charge on any atom is 0.251 e. The average molecular weight is 456 g/mol. The fourth-order valence-electron chi connectivity index (χ4n) is 5.71. The largest absolute Gasteiger partial charge is 0.464 e. The average Bonchev–Trinajstić information content (AvgIpc) is 3.36. The van der Waals surface area contributed by atoms with Gasteiger partial charge in [-0.2, -0.15) is 5.26 Å². The number of nitriles is 1. The number of carbonyl (C=O) groups excluding carboxylic acids is 1. The second-order valence-corrected chi connectivity index (χ2v) is 9.94. The second kappa shape index (κ2) is 10.4. The van der Waals surface area contributed by atoms with Crippen LogP contribution in [0.15, 0.2) is 59.2 Å². The van der Waals surface area contributed by atoms with Gasteiger partial charge in [-0.15, -0.1) is 0 Å². The SMILES string of the molecule is N#Cc1ccc(C(=O)NC2CCC(CCN3CCCCC3c3coc4cccc-4c3)CC2)cc1. The van der Waals surface area contributed by atoms with Crippen molar-refractivity contribution in [3.05, 3.63) is 71.5 Å². The molecule has 2 aliphatic carbocycles. The number of nitrogens with zero attached hydrogens (tertiary/aromatic N) is 2. The maximum atomic E-state index is 12.6. The van der Waals surface area contributed by atoms with E-state index in [9.17, 15) is 4.79 Å². The third-order valence-corrected chi connectivity index (χ3v) is 7.73. The first-order valence-electron chi connectivity index (χ1n) is 12.7. The van der Waals surface area contributed by atoms with E-state index in [1.165, 1.54) is 56.2 Å². The van der Waals surface area contributed by atoms with E-state index in [0.717, 1.165) is 31.1 Å². The molecule has 0 aromatic heterocycles. The molecule has 1 aromatic carbocycles. The highest BCUT2D eigenvalue weighted by molar-refractivity contribution is 5.94. The summed E-state index contributed by atoms with van der Waals surface area (Å²) in [6.07, 6.45) is 11.4. The minimum absolute atomic E-state index is 0.0312. The predicted molar refractivity (Wildman–Crippen MR) is 132 cm³/mol. The van der Waals surface area contributed by atoms with Crippen LogP contribution in [0.4, 0.5) is 0 Å². The van der Waals surface area contributed by atoms with Gasteiger partial charge in [0.15, 0.2) is 0 Å². The van der Waals surface area contributed by atoms with Gasteiger partial charge in [-0.05, 0) is 100 Å². The van der Waals surface area contributed by atoms with Gasteiger partial charge < -0.3 is 9.73 Å². The molecule has 2 aliphatic heterocycles. The molecule has 1 unspecified atom stereocenters. The molecule has 0 spiro atoms. The fraction of sp³-hybridized carbons (Fsp3) is 0.448. The van der Waals surface area contributed by atoms with Gasteiger partial charge in [0.05, 0.1) is 17.9 Å². The third kappa shape index (κ3) is 5.18. The summed E-state index contributed by atoms with van der Waals surface area (Å²) in [6.45, 7) is 2.30. The molecule has 1 saturated heterocycles. The molecule has 2 fully saturated rings. The van der Waals surface area contributed by atoms with Crippen molar-refractivity contribution < 1.29 is 9.21 Å². The molecule has 5 rings (SSSR count).